The fraction of sp³-hybridized carbons (Fsp3) is 0. The molecule has 62 valence electrons. The van der Waals surface area contributed by atoms with Gasteiger partial charge in [0, 0.05) is 18.6 Å². The number of anilines is 1. The Morgan fingerprint density at radius 2 is 1.92 bits per heavy atom. The predicted octanol–water partition coefficient (Wildman–Crippen LogP) is 1.07. The quantitative estimate of drug-likeness (QED) is 0.609. The molecule has 0 aliphatic heterocycles. The van der Waals surface area contributed by atoms with E-state index in [4.69, 9.17) is 5.73 Å². The Balaban J connectivity index is 0.000000120. The molecular weight excluding hydrogens is 152 g/mol. The van der Waals surface area contributed by atoms with E-state index in [1.165, 1.54) is 6.33 Å². The molecule has 2 rings (SSSR count). The molecule has 2 aromatic rings. The molecule has 0 saturated carbocycles. The maximum absolute atomic E-state index is 5.22. The van der Waals surface area contributed by atoms with E-state index < -0.39 is 0 Å². The van der Waals surface area contributed by atoms with Crippen LogP contribution in [0.2, 0.25) is 0 Å². The van der Waals surface area contributed by atoms with E-state index >= 15 is 0 Å². The van der Waals surface area contributed by atoms with Gasteiger partial charge in [0.1, 0.15) is 12.1 Å². The minimum absolute atomic E-state index is 0.718. The summed E-state index contributed by atoms with van der Waals surface area (Å²) in [6.45, 7) is 0. The first-order valence-electron chi connectivity index (χ1n) is 3.48. The van der Waals surface area contributed by atoms with Crippen molar-refractivity contribution >= 4 is 5.82 Å². The van der Waals surface area contributed by atoms with E-state index in [1.54, 1.807) is 30.7 Å². The van der Waals surface area contributed by atoms with Gasteiger partial charge in [-0.05, 0) is 18.2 Å². The lowest BCUT2D eigenvalue weighted by molar-refractivity contribution is 1.17. The molecule has 0 aromatic carbocycles. The Morgan fingerprint density at radius 1 is 1.17 bits per heavy atom. The van der Waals surface area contributed by atoms with Gasteiger partial charge in [0.2, 0.25) is 0 Å². The lowest BCUT2D eigenvalue weighted by Gasteiger charge is -1.72. The van der Waals surface area contributed by atoms with Crippen molar-refractivity contribution < 1.29 is 0 Å². The van der Waals surface area contributed by atoms with Crippen LogP contribution in [0, 0.1) is 0 Å². The molecule has 0 spiro atoms. The van der Waals surface area contributed by atoms with Crippen molar-refractivity contribution in [2.75, 3.05) is 5.73 Å². The fourth-order valence-corrected chi connectivity index (χ4v) is 0.598. The summed E-state index contributed by atoms with van der Waals surface area (Å²) in [6.07, 6.45) is 6.66. The van der Waals surface area contributed by atoms with Crippen molar-refractivity contribution in [3.63, 3.8) is 0 Å². The molecule has 0 fully saturated rings. The molecule has 0 unspecified atom stereocenters. The number of nitrogens with two attached hydrogens (primary N) is 1. The van der Waals surface area contributed by atoms with E-state index in [1.807, 2.05) is 6.07 Å². The minimum Gasteiger partial charge on any atom is -0.385 e. The largest absolute Gasteiger partial charge is 0.385 e. The van der Waals surface area contributed by atoms with Crippen LogP contribution in [-0.2, 0) is 0 Å². The zero-order valence-electron chi connectivity index (χ0n) is 6.51. The summed E-state index contributed by atoms with van der Waals surface area (Å²) < 4.78 is 0. The molecule has 0 amide bonds. The number of H-pyrrole nitrogens is 1. The van der Waals surface area contributed by atoms with Gasteiger partial charge in [0.15, 0.2) is 0 Å². The first kappa shape index (κ1) is 8.26. The zero-order valence-corrected chi connectivity index (χ0v) is 6.51. The van der Waals surface area contributed by atoms with Gasteiger partial charge in [-0.1, -0.05) is 0 Å². The van der Waals surface area contributed by atoms with Crippen molar-refractivity contribution in [1.29, 1.82) is 0 Å². The Labute approximate surface area is 70.5 Å². The third kappa shape index (κ3) is 3.36. The first-order valence-corrected chi connectivity index (χ1v) is 3.48. The van der Waals surface area contributed by atoms with Crippen molar-refractivity contribution in [1.82, 2.24) is 15.0 Å². The van der Waals surface area contributed by atoms with Crippen LogP contribution in [0.25, 0.3) is 0 Å². The predicted molar refractivity (Wildman–Crippen MR) is 47.2 cm³/mol. The van der Waals surface area contributed by atoms with E-state index in [-0.39, 0.29) is 0 Å². The Bertz CT molecular complexity index is 250. The maximum Gasteiger partial charge on any atom is 0.115 e. The molecule has 2 aromatic heterocycles. The molecule has 0 aliphatic rings. The second-order valence-electron chi connectivity index (χ2n) is 2.03. The molecule has 12 heavy (non-hydrogen) atoms. The van der Waals surface area contributed by atoms with Gasteiger partial charge in [-0.3, -0.25) is 0 Å². The molecular formula is C8H10N4. The van der Waals surface area contributed by atoms with Crippen molar-refractivity contribution in [2.45, 2.75) is 0 Å². The third-order valence-corrected chi connectivity index (χ3v) is 1.10. The van der Waals surface area contributed by atoms with Gasteiger partial charge >= 0.3 is 0 Å². The lowest BCUT2D eigenvalue weighted by Crippen LogP contribution is -1.79. The number of nitrogens with one attached hydrogen (secondary N) is 1. The topological polar surface area (TPSA) is 67.6 Å². The summed E-state index contributed by atoms with van der Waals surface area (Å²) in [4.78, 5) is 10.1. The molecule has 0 atom stereocenters. The average Bonchev–Trinajstić information content (AvgIpc) is 2.60. The van der Waals surface area contributed by atoms with Crippen LogP contribution in [0.15, 0.2) is 43.1 Å². The van der Waals surface area contributed by atoms with Crippen molar-refractivity contribution in [3.8, 4) is 0 Å². The number of aromatic nitrogens is 3. The highest BCUT2D eigenvalue weighted by Crippen LogP contribution is 1.90. The second-order valence-corrected chi connectivity index (χ2v) is 2.03. The van der Waals surface area contributed by atoms with E-state index in [9.17, 15) is 0 Å². The summed E-state index contributed by atoms with van der Waals surface area (Å²) in [5, 5.41) is 0. The van der Waals surface area contributed by atoms with Crippen molar-refractivity contribution in [3.05, 3.63) is 43.1 Å². The highest BCUT2D eigenvalue weighted by molar-refractivity contribution is 5.26. The number of nitrogens with zero attached hydrogens (tertiary/aromatic N) is 2. The number of nitrogen functional groups attached to an aromatic ring is 1. The lowest BCUT2D eigenvalue weighted by atomic mass is 10.6. The summed E-state index contributed by atoms with van der Waals surface area (Å²) in [5.74, 6) is 0.718. The highest BCUT2D eigenvalue weighted by Gasteiger charge is 1.72. The van der Waals surface area contributed by atoms with Crippen LogP contribution in [0.4, 0.5) is 5.82 Å². The standard InChI is InChI=1S/C4H4N2.C4H6N2/c1-2-5-4-6-3-1;5-4-2-1-3-6-4/h1-4H;1-3,6H,5H2. The van der Waals surface area contributed by atoms with Crippen molar-refractivity contribution in [2.24, 2.45) is 0 Å². The van der Waals surface area contributed by atoms with Crippen LogP contribution in [0.5, 0.6) is 0 Å². The number of hydrogen-bond donors (Lipinski definition) is 2. The molecule has 3 N–H and O–H groups in total. The van der Waals surface area contributed by atoms with E-state index in [0.29, 0.717) is 0 Å². The van der Waals surface area contributed by atoms with E-state index in [0.717, 1.165) is 5.82 Å². The van der Waals surface area contributed by atoms with Gasteiger partial charge in [-0.2, -0.15) is 0 Å². The zero-order chi connectivity index (χ0) is 8.65. The molecule has 4 heteroatoms. The van der Waals surface area contributed by atoms with Gasteiger partial charge in [0.25, 0.3) is 0 Å². The summed E-state index contributed by atoms with van der Waals surface area (Å²) in [7, 11) is 0. The number of hydrogen-bond acceptors (Lipinski definition) is 3. The maximum atomic E-state index is 5.22. The Hall–Kier alpha value is -1.84. The summed E-state index contributed by atoms with van der Waals surface area (Å²) in [5.41, 5.74) is 5.22. The normalized spacial score (nSPS) is 8.33. The number of aromatic amines is 1. The molecule has 0 aliphatic carbocycles. The smallest absolute Gasteiger partial charge is 0.115 e. The first-order chi connectivity index (χ1) is 5.89. The second kappa shape index (κ2) is 4.90. The summed E-state index contributed by atoms with van der Waals surface area (Å²) >= 11 is 0. The van der Waals surface area contributed by atoms with Crippen LogP contribution >= 0.6 is 0 Å². The monoisotopic (exact) mass is 162 g/mol. The number of rotatable bonds is 0. The van der Waals surface area contributed by atoms with Gasteiger partial charge in [0.05, 0.1) is 0 Å². The molecule has 0 saturated heterocycles. The SMILES string of the molecule is Nc1ccc[nH]1.c1cncnc1. The van der Waals surface area contributed by atoms with Gasteiger partial charge in [-0.15, -0.1) is 0 Å². The molecule has 0 bridgehead atoms. The molecule has 0 radical (unpaired) electrons. The molecule has 4 nitrogen and oxygen atoms in total. The molecule has 2 heterocycles. The Morgan fingerprint density at radius 3 is 2.08 bits per heavy atom. The fourth-order valence-electron chi connectivity index (χ4n) is 0.598. The highest BCUT2D eigenvalue weighted by atomic mass is 14.8. The van der Waals surface area contributed by atoms with Gasteiger partial charge < -0.3 is 10.7 Å². The minimum atomic E-state index is 0.718. The van der Waals surface area contributed by atoms with Crippen LogP contribution in [0.1, 0.15) is 0 Å². The van der Waals surface area contributed by atoms with Gasteiger partial charge in [-0.25, -0.2) is 9.97 Å². The summed E-state index contributed by atoms with van der Waals surface area (Å²) in [6, 6.07) is 5.44. The van der Waals surface area contributed by atoms with Crippen LogP contribution < -0.4 is 5.73 Å². The van der Waals surface area contributed by atoms with Crippen LogP contribution in [0.3, 0.4) is 0 Å². The van der Waals surface area contributed by atoms with Crippen LogP contribution in [-0.4, -0.2) is 15.0 Å². The van der Waals surface area contributed by atoms with E-state index in [2.05, 4.69) is 15.0 Å². The third-order valence-electron chi connectivity index (χ3n) is 1.10. The average molecular weight is 162 g/mol. The Kier molecular flexibility index (Phi) is 3.37.